The fraction of sp³-hybridized carbons (Fsp3) is 0.0962. The molecule has 0 radical (unpaired) electrons. The molecule has 0 atom stereocenters. The van der Waals surface area contributed by atoms with Gasteiger partial charge in [0.1, 0.15) is 0 Å². The van der Waals surface area contributed by atoms with E-state index in [0.717, 1.165) is 31.3 Å². The van der Waals surface area contributed by atoms with E-state index in [4.69, 9.17) is 0 Å². The van der Waals surface area contributed by atoms with Gasteiger partial charge < -0.3 is 0 Å². The van der Waals surface area contributed by atoms with Crippen LogP contribution in [0.2, 0.25) is 0 Å². The van der Waals surface area contributed by atoms with E-state index in [1.807, 2.05) is 11.8 Å². The Hall–Kier alpha value is -6.14. The molecule has 4 aliphatic rings. The summed E-state index contributed by atoms with van der Waals surface area (Å²) < 4.78 is 0. The van der Waals surface area contributed by atoms with Gasteiger partial charge in [-0.2, -0.15) is 5.26 Å². The lowest BCUT2D eigenvalue weighted by atomic mass is 9.65. The highest BCUT2D eigenvalue weighted by atomic mass is 32.2. The predicted octanol–water partition coefficient (Wildman–Crippen LogP) is 13.5. The molecule has 0 saturated carbocycles. The molecule has 1 heterocycles. The molecule has 0 aromatic heterocycles. The molecule has 7 aromatic carbocycles. The van der Waals surface area contributed by atoms with Crippen molar-refractivity contribution < 1.29 is 0 Å². The van der Waals surface area contributed by atoms with Crippen molar-refractivity contribution in [1.29, 1.82) is 5.26 Å². The van der Waals surface area contributed by atoms with Gasteiger partial charge in [0.25, 0.3) is 0 Å². The number of rotatable bonds is 3. The van der Waals surface area contributed by atoms with Crippen LogP contribution in [0.25, 0.3) is 50.2 Å². The Morgan fingerprint density at radius 3 is 1.85 bits per heavy atom. The summed E-state index contributed by atoms with van der Waals surface area (Å²) in [6, 6.07) is 58.8. The second-order valence-electron chi connectivity index (χ2n) is 14.9. The molecule has 1 nitrogen and oxygen atoms in total. The summed E-state index contributed by atoms with van der Waals surface area (Å²) in [4.78, 5) is 2.56. The van der Waals surface area contributed by atoms with Crippen LogP contribution in [-0.2, 0) is 11.8 Å². The van der Waals surface area contributed by atoms with Crippen molar-refractivity contribution in [2.75, 3.05) is 0 Å². The first kappa shape index (κ1) is 31.4. The van der Waals surface area contributed by atoms with Crippen molar-refractivity contribution in [1.82, 2.24) is 0 Å². The van der Waals surface area contributed by atoms with Crippen LogP contribution in [0.3, 0.4) is 0 Å². The largest absolute Gasteiger partial charge is 0.193 e. The molecule has 1 spiro atoms. The van der Waals surface area contributed by atoms with Crippen molar-refractivity contribution in [2.45, 2.75) is 40.9 Å². The van der Waals surface area contributed by atoms with E-state index in [9.17, 15) is 5.26 Å². The molecule has 3 aliphatic carbocycles. The molecule has 0 N–H and O–H groups in total. The molecule has 1 aliphatic heterocycles. The molecule has 0 amide bonds. The summed E-state index contributed by atoms with van der Waals surface area (Å²) in [5.41, 5.74) is 18.9. The topological polar surface area (TPSA) is 23.8 Å². The lowest BCUT2D eigenvalue weighted by Crippen LogP contribution is -2.33. The molecular formula is C52H35NS. The maximum atomic E-state index is 10.3. The number of hydrogen-bond acceptors (Lipinski definition) is 2. The lowest BCUT2D eigenvalue weighted by molar-refractivity contribution is 0.711. The van der Waals surface area contributed by atoms with Crippen LogP contribution in [-0.4, -0.2) is 0 Å². The van der Waals surface area contributed by atoms with Crippen LogP contribution in [0.1, 0.15) is 58.2 Å². The van der Waals surface area contributed by atoms with E-state index in [1.165, 1.54) is 98.5 Å². The smallest absolute Gasteiger partial charge is 0.0947 e. The zero-order valence-corrected chi connectivity index (χ0v) is 30.6. The Balaban J connectivity index is 1.25. The minimum absolute atomic E-state index is 0.521. The van der Waals surface area contributed by atoms with Crippen LogP contribution in [0.4, 0.5) is 0 Å². The Morgan fingerprint density at radius 2 is 1.15 bits per heavy atom. The maximum absolute atomic E-state index is 10.3. The average molecular weight is 706 g/mol. The quantitative estimate of drug-likeness (QED) is 0.183. The third kappa shape index (κ3) is 4.46. The van der Waals surface area contributed by atoms with E-state index >= 15 is 0 Å². The van der Waals surface area contributed by atoms with Crippen LogP contribution in [0.5, 0.6) is 0 Å². The molecule has 0 bridgehead atoms. The molecule has 0 unspecified atom stereocenters. The SMILES string of the molecule is N#CC1=CC2=C(CC1)c1ccc(-c3c4c(c(-c5ccccc5)c5ccccc35)CCC(c3ccccc3)=C4)cc1C21c2ccccc2Sc2ccccc21. The zero-order chi connectivity index (χ0) is 35.8. The summed E-state index contributed by atoms with van der Waals surface area (Å²) in [5.74, 6) is 0. The molecule has 0 saturated heterocycles. The summed E-state index contributed by atoms with van der Waals surface area (Å²) in [5, 5.41) is 12.8. The summed E-state index contributed by atoms with van der Waals surface area (Å²) >= 11 is 1.87. The van der Waals surface area contributed by atoms with Gasteiger partial charge in [-0.3, -0.25) is 0 Å². The number of nitriles is 1. The Kier molecular flexibility index (Phi) is 7.10. The second kappa shape index (κ2) is 12.2. The van der Waals surface area contributed by atoms with Crippen LogP contribution >= 0.6 is 11.8 Å². The highest BCUT2D eigenvalue weighted by Gasteiger charge is 2.51. The van der Waals surface area contributed by atoms with E-state index in [1.54, 1.807) is 0 Å². The van der Waals surface area contributed by atoms with Gasteiger partial charge in [-0.25, -0.2) is 0 Å². The van der Waals surface area contributed by atoms with E-state index in [2.05, 4.69) is 170 Å². The van der Waals surface area contributed by atoms with Gasteiger partial charge in [-0.05, 0) is 139 Å². The first-order valence-electron chi connectivity index (χ1n) is 19.0. The Bertz CT molecular complexity index is 2800. The minimum atomic E-state index is -0.521. The van der Waals surface area contributed by atoms with Crippen molar-refractivity contribution in [3.63, 3.8) is 0 Å². The summed E-state index contributed by atoms with van der Waals surface area (Å²) in [6.07, 6.45) is 8.35. The van der Waals surface area contributed by atoms with Gasteiger partial charge >= 0.3 is 0 Å². The zero-order valence-electron chi connectivity index (χ0n) is 29.8. The number of hydrogen-bond donors (Lipinski definition) is 0. The number of fused-ring (bicyclic) bond motifs is 10. The molecule has 2 heteroatoms. The van der Waals surface area contributed by atoms with Crippen LogP contribution in [0.15, 0.2) is 179 Å². The molecule has 11 rings (SSSR count). The van der Waals surface area contributed by atoms with Gasteiger partial charge in [0.05, 0.1) is 11.5 Å². The highest BCUT2D eigenvalue weighted by Crippen LogP contribution is 2.63. The first-order chi connectivity index (χ1) is 26.7. The van der Waals surface area contributed by atoms with Crippen LogP contribution in [0, 0.1) is 11.3 Å². The van der Waals surface area contributed by atoms with Crippen molar-refractivity contribution in [2.24, 2.45) is 0 Å². The Labute approximate surface area is 320 Å². The Morgan fingerprint density at radius 1 is 0.519 bits per heavy atom. The number of benzene rings is 7. The summed E-state index contributed by atoms with van der Waals surface area (Å²) in [7, 11) is 0. The first-order valence-corrected chi connectivity index (χ1v) is 19.8. The van der Waals surface area contributed by atoms with Gasteiger partial charge in [0.2, 0.25) is 0 Å². The standard InChI is InChI=1S/C52H35NS/c53-32-33-23-26-38-39-27-25-37(31-47(39)52(46(38)29-33)44-19-9-11-21-48(44)54-49-22-12-10-20-45(49)52)51-41-18-8-7-17-40(41)50(35-15-5-2-6-16-35)42-28-24-36(30-43(42)51)34-13-3-1-4-14-34/h1-22,25,27,29-31H,23-24,26,28H2. The molecule has 54 heavy (non-hydrogen) atoms. The second-order valence-corrected chi connectivity index (χ2v) is 16.0. The fourth-order valence-corrected chi connectivity index (χ4v) is 11.2. The van der Waals surface area contributed by atoms with Gasteiger partial charge in [-0.1, -0.05) is 151 Å². The fourth-order valence-electron chi connectivity index (χ4n) is 9.99. The number of allylic oxidation sites excluding steroid dienone is 5. The molecule has 7 aromatic rings. The molecule has 254 valence electrons. The predicted molar refractivity (Wildman–Crippen MR) is 224 cm³/mol. The maximum Gasteiger partial charge on any atom is 0.0947 e. The van der Waals surface area contributed by atoms with Gasteiger partial charge in [0.15, 0.2) is 0 Å². The summed E-state index contributed by atoms with van der Waals surface area (Å²) in [6.45, 7) is 0. The highest BCUT2D eigenvalue weighted by molar-refractivity contribution is 7.99. The van der Waals surface area contributed by atoms with Crippen LogP contribution < -0.4 is 0 Å². The normalized spacial score (nSPS) is 16.1. The van der Waals surface area contributed by atoms with E-state index < -0.39 is 5.41 Å². The molecular weight excluding hydrogens is 671 g/mol. The van der Waals surface area contributed by atoms with Crippen molar-refractivity contribution in [3.05, 3.63) is 208 Å². The minimum Gasteiger partial charge on any atom is -0.193 e. The third-order valence-electron chi connectivity index (χ3n) is 12.2. The van der Waals surface area contributed by atoms with E-state index in [0.29, 0.717) is 0 Å². The molecule has 0 fully saturated rings. The average Bonchev–Trinajstić information content (AvgIpc) is 3.52. The van der Waals surface area contributed by atoms with E-state index in [-0.39, 0.29) is 0 Å². The van der Waals surface area contributed by atoms with Crippen molar-refractivity contribution in [3.8, 4) is 28.3 Å². The van der Waals surface area contributed by atoms with Gasteiger partial charge in [-0.15, -0.1) is 0 Å². The monoisotopic (exact) mass is 705 g/mol. The third-order valence-corrected chi connectivity index (χ3v) is 13.4. The lowest BCUT2D eigenvalue weighted by Gasteiger charge is -2.41. The van der Waals surface area contributed by atoms with Crippen molar-refractivity contribution >= 4 is 39.8 Å². The number of nitrogens with zero attached hydrogens (tertiary/aromatic N) is 1. The van der Waals surface area contributed by atoms with Gasteiger partial charge in [0, 0.05) is 15.4 Å².